The molecule has 1 aromatic carbocycles. The zero-order chi connectivity index (χ0) is 26.2. The number of carbonyl (C=O) groups excluding carboxylic acids is 3. The molecule has 192 valence electrons. The highest BCUT2D eigenvalue weighted by atomic mass is 16.6. The molecule has 0 aliphatic carbocycles. The van der Waals surface area contributed by atoms with E-state index in [1.54, 1.807) is 25.7 Å². The molecule has 34 heavy (non-hydrogen) atoms. The summed E-state index contributed by atoms with van der Waals surface area (Å²) in [5, 5.41) is 5.76. The predicted molar refractivity (Wildman–Crippen MR) is 136 cm³/mol. The van der Waals surface area contributed by atoms with E-state index >= 15 is 0 Å². The van der Waals surface area contributed by atoms with Gasteiger partial charge in [-0.2, -0.15) is 0 Å². The van der Waals surface area contributed by atoms with Gasteiger partial charge in [0, 0.05) is 12.1 Å². The highest BCUT2D eigenvalue weighted by Crippen LogP contribution is 2.28. The summed E-state index contributed by atoms with van der Waals surface area (Å²) < 4.78 is 5.43. The average molecular weight is 476 g/mol. The van der Waals surface area contributed by atoms with E-state index in [2.05, 4.69) is 10.6 Å². The second kappa shape index (κ2) is 12.8. The van der Waals surface area contributed by atoms with E-state index in [0.717, 1.165) is 11.1 Å². The summed E-state index contributed by atoms with van der Waals surface area (Å²) in [5.41, 5.74) is 1.06. The van der Waals surface area contributed by atoms with Crippen molar-refractivity contribution >= 4 is 17.9 Å². The summed E-state index contributed by atoms with van der Waals surface area (Å²) in [6.07, 6.45) is 0.440. The fourth-order valence-electron chi connectivity index (χ4n) is 3.76. The van der Waals surface area contributed by atoms with Crippen LogP contribution in [0.5, 0.6) is 0 Å². The molecule has 2 N–H and O–H groups in total. The molecule has 1 aromatic rings. The molecule has 0 heterocycles. The van der Waals surface area contributed by atoms with Crippen LogP contribution in [0.15, 0.2) is 24.3 Å². The molecule has 1 rings (SSSR count). The van der Waals surface area contributed by atoms with Crippen LogP contribution in [0, 0.1) is 12.8 Å². The van der Waals surface area contributed by atoms with Gasteiger partial charge < -0.3 is 20.3 Å². The van der Waals surface area contributed by atoms with Gasteiger partial charge in [0.1, 0.15) is 17.7 Å². The zero-order valence-corrected chi connectivity index (χ0v) is 22.7. The Labute approximate surface area is 206 Å². The summed E-state index contributed by atoms with van der Waals surface area (Å²) in [5.74, 6) is -0.390. The van der Waals surface area contributed by atoms with Gasteiger partial charge in [-0.25, -0.2) is 4.79 Å². The fraction of sp³-hybridized carbons (Fsp3) is 0.667. The van der Waals surface area contributed by atoms with Crippen LogP contribution >= 0.6 is 0 Å². The van der Waals surface area contributed by atoms with Crippen LogP contribution in [0.1, 0.15) is 92.3 Å². The summed E-state index contributed by atoms with van der Waals surface area (Å²) in [6, 6.07) is 5.71. The van der Waals surface area contributed by atoms with Gasteiger partial charge in [-0.1, -0.05) is 50.6 Å². The molecule has 3 amide bonds. The van der Waals surface area contributed by atoms with Gasteiger partial charge in [0.15, 0.2) is 0 Å². The smallest absolute Gasteiger partial charge is 0.408 e. The molecular weight excluding hydrogens is 430 g/mol. The first kappa shape index (κ1) is 29.5. The molecule has 0 bridgehead atoms. The predicted octanol–water partition coefficient (Wildman–Crippen LogP) is 5.13. The number of alkyl carbamates (subject to hydrolysis) is 1. The first-order valence-corrected chi connectivity index (χ1v) is 12.3. The number of carbonyl (C=O) groups is 3. The average Bonchev–Trinajstić information content (AvgIpc) is 2.67. The topological polar surface area (TPSA) is 87.7 Å². The number of hydrogen-bond acceptors (Lipinski definition) is 4. The highest BCUT2D eigenvalue weighted by molar-refractivity contribution is 5.92. The van der Waals surface area contributed by atoms with Crippen molar-refractivity contribution in [2.24, 2.45) is 5.92 Å². The quantitative estimate of drug-likeness (QED) is 0.491. The van der Waals surface area contributed by atoms with Gasteiger partial charge in [0.25, 0.3) is 0 Å². The molecule has 0 aliphatic rings. The number of hydrogen-bond donors (Lipinski definition) is 2. The minimum atomic E-state index is -0.820. The molecule has 0 radical (unpaired) electrons. The molecule has 0 aliphatic heterocycles. The van der Waals surface area contributed by atoms with Crippen LogP contribution in [0.2, 0.25) is 0 Å². The van der Waals surface area contributed by atoms with Crippen LogP contribution in [0.4, 0.5) is 4.79 Å². The number of benzene rings is 1. The summed E-state index contributed by atoms with van der Waals surface area (Å²) >= 11 is 0. The lowest BCUT2D eigenvalue weighted by Crippen LogP contribution is -2.56. The fourth-order valence-corrected chi connectivity index (χ4v) is 3.76. The first-order chi connectivity index (χ1) is 15.7. The van der Waals surface area contributed by atoms with E-state index in [1.807, 2.05) is 72.7 Å². The maximum atomic E-state index is 14.0. The SMILES string of the molecule is CCC(C)N(C(=O)C(CC(C)C)NC(=O)OC(C)(C)C)C(C(=O)NC(C)C)c1cccc(C)c1. The maximum absolute atomic E-state index is 14.0. The van der Waals surface area contributed by atoms with Crippen molar-refractivity contribution in [2.45, 2.75) is 112 Å². The third kappa shape index (κ3) is 9.35. The zero-order valence-electron chi connectivity index (χ0n) is 22.7. The Kier molecular flexibility index (Phi) is 11.1. The van der Waals surface area contributed by atoms with E-state index in [0.29, 0.717) is 12.8 Å². The number of aryl methyl sites for hydroxylation is 1. The van der Waals surface area contributed by atoms with Crippen molar-refractivity contribution in [3.8, 4) is 0 Å². The lowest BCUT2D eigenvalue weighted by Gasteiger charge is -2.39. The van der Waals surface area contributed by atoms with Crippen LogP contribution in [0.3, 0.4) is 0 Å². The van der Waals surface area contributed by atoms with Crippen molar-refractivity contribution in [3.05, 3.63) is 35.4 Å². The molecule has 0 saturated heterocycles. The molecule has 0 fully saturated rings. The summed E-state index contributed by atoms with van der Waals surface area (Å²) in [4.78, 5) is 41.7. The van der Waals surface area contributed by atoms with Gasteiger partial charge in [-0.05, 0) is 72.8 Å². The van der Waals surface area contributed by atoms with Crippen molar-refractivity contribution in [2.75, 3.05) is 0 Å². The second-order valence-electron chi connectivity index (χ2n) is 10.8. The molecule has 7 nitrogen and oxygen atoms in total. The number of nitrogens with zero attached hydrogens (tertiary/aromatic N) is 1. The third-order valence-corrected chi connectivity index (χ3v) is 5.33. The Morgan fingerprint density at radius 1 is 1.03 bits per heavy atom. The minimum Gasteiger partial charge on any atom is -0.444 e. The molecular formula is C27H45N3O4. The largest absolute Gasteiger partial charge is 0.444 e. The first-order valence-electron chi connectivity index (χ1n) is 12.3. The van der Waals surface area contributed by atoms with Gasteiger partial charge >= 0.3 is 6.09 Å². The Bertz CT molecular complexity index is 829. The molecule has 0 saturated carbocycles. The van der Waals surface area contributed by atoms with E-state index in [4.69, 9.17) is 4.74 Å². The second-order valence-corrected chi connectivity index (χ2v) is 10.8. The number of amides is 3. The van der Waals surface area contributed by atoms with Crippen molar-refractivity contribution in [1.29, 1.82) is 0 Å². The minimum absolute atomic E-state index is 0.0833. The van der Waals surface area contributed by atoms with Crippen LogP contribution in [0.25, 0.3) is 0 Å². The lowest BCUT2D eigenvalue weighted by molar-refractivity contribution is -0.145. The molecule has 0 spiro atoms. The van der Waals surface area contributed by atoms with Crippen LogP contribution < -0.4 is 10.6 Å². The lowest BCUT2D eigenvalue weighted by atomic mass is 9.96. The van der Waals surface area contributed by atoms with E-state index < -0.39 is 23.8 Å². The van der Waals surface area contributed by atoms with Crippen LogP contribution in [-0.2, 0) is 14.3 Å². The monoisotopic (exact) mass is 475 g/mol. The normalized spacial score (nSPS) is 14.4. The maximum Gasteiger partial charge on any atom is 0.408 e. The Morgan fingerprint density at radius 2 is 1.65 bits per heavy atom. The van der Waals surface area contributed by atoms with Gasteiger partial charge in [0.2, 0.25) is 11.8 Å². The summed E-state index contributed by atoms with van der Waals surface area (Å²) in [7, 11) is 0. The van der Waals surface area contributed by atoms with E-state index in [1.165, 1.54) is 0 Å². The Morgan fingerprint density at radius 3 is 2.12 bits per heavy atom. The summed E-state index contributed by atoms with van der Waals surface area (Å²) in [6.45, 7) is 19.0. The molecule has 7 heteroatoms. The molecule has 3 unspecified atom stereocenters. The molecule has 3 atom stereocenters. The standard InChI is InChI=1S/C27H45N3O4/c1-11-20(7)30(23(24(31)28-18(4)5)21-14-12-13-19(6)16-21)25(32)22(15-17(2)3)29-26(33)34-27(8,9)10/h12-14,16-18,20,22-23H,11,15H2,1-10H3,(H,28,31)(H,29,33). The van der Waals surface area contributed by atoms with Crippen LogP contribution in [-0.4, -0.2) is 46.5 Å². The van der Waals surface area contributed by atoms with Gasteiger partial charge in [-0.3, -0.25) is 9.59 Å². The number of rotatable bonds is 10. The number of ether oxygens (including phenoxy) is 1. The van der Waals surface area contributed by atoms with Gasteiger partial charge in [-0.15, -0.1) is 0 Å². The van der Waals surface area contributed by atoms with Crippen molar-refractivity contribution in [1.82, 2.24) is 15.5 Å². The van der Waals surface area contributed by atoms with Crippen molar-refractivity contribution in [3.63, 3.8) is 0 Å². The Balaban J connectivity index is 3.51. The molecule has 0 aromatic heterocycles. The highest BCUT2D eigenvalue weighted by Gasteiger charge is 2.38. The van der Waals surface area contributed by atoms with Crippen molar-refractivity contribution < 1.29 is 19.1 Å². The number of nitrogens with one attached hydrogen (secondary N) is 2. The Hall–Kier alpha value is -2.57. The van der Waals surface area contributed by atoms with E-state index in [9.17, 15) is 14.4 Å². The third-order valence-electron chi connectivity index (χ3n) is 5.33. The van der Waals surface area contributed by atoms with E-state index in [-0.39, 0.29) is 29.8 Å². The van der Waals surface area contributed by atoms with Gasteiger partial charge in [0.05, 0.1) is 0 Å².